The molecule has 2 fully saturated rings. The summed E-state index contributed by atoms with van der Waals surface area (Å²) in [5, 5.41) is 0. The van der Waals surface area contributed by atoms with Crippen molar-refractivity contribution in [2.75, 3.05) is 31.0 Å². The smallest absolute Gasteiger partial charge is 0.303 e. The number of carbonyl (C=O) groups excluding carboxylic acids is 6. The largest absolute Gasteiger partial charge is 0.463 e. The summed E-state index contributed by atoms with van der Waals surface area (Å²) in [6.45, 7) is 6.29. The lowest BCUT2D eigenvalue weighted by atomic mass is 9.96. The molecule has 45 heavy (non-hydrogen) atoms. The van der Waals surface area contributed by atoms with Crippen molar-refractivity contribution in [1.29, 1.82) is 0 Å². The quantitative estimate of drug-likeness (QED) is 0.114. The van der Waals surface area contributed by atoms with E-state index in [2.05, 4.69) is 12.6 Å². The van der Waals surface area contributed by atoms with Crippen LogP contribution in [-0.2, 0) is 76.1 Å². The van der Waals surface area contributed by atoms with E-state index in [-0.39, 0.29) is 5.75 Å². The maximum atomic E-state index is 12.3. The first kappa shape index (κ1) is 38.5. The zero-order valence-electron chi connectivity index (χ0n) is 26.0. The highest BCUT2D eigenvalue weighted by Crippen LogP contribution is 2.36. The zero-order valence-corrected chi connectivity index (χ0v) is 27.7. The Balaban J connectivity index is 2.67. The van der Waals surface area contributed by atoms with Crippen LogP contribution in [0.25, 0.3) is 0 Å². The minimum absolute atomic E-state index is 0.191. The lowest BCUT2D eigenvalue weighted by Crippen LogP contribution is -2.67. The molecule has 0 aromatic rings. The molecule has 0 aliphatic carbocycles. The summed E-state index contributed by atoms with van der Waals surface area (Å²) in [7, 11) is 1.25. The standard InChI is InChI=1S/C27H40O16S2/c1-12(28)35-10-18-20(22(37-14(3)30)24(39-16(5)32)26(34-7)41-18)43-27-25(40-17(6)33)23(38-15(4)31)21(36-13(2)29)19(42-27)11-45-9-8-44/h18-27,44H,8-11H2,1-7H3/t18-,19-,20+,21+,22+,23+,24-,25-,26-,27+/m1/s1. The van der Waals surface area contributed by atoms with Crippen LogP contribution in [-0.4, -0.2) is 128 Å². The van der Waals surface area contributed by atoms with E-state index in [0.717, 1.165) is 41.5 Å². The van der Waals surface area contributed by atoms with E-state index in [1.165, 1.54) is 18.9 Å². The van der Waals surface area contributed by atoms with Crippen molar-refractivity contribution < 1.29 is 76.1 Å². The van der Waals surface area contributed by atoms with Gasteiger partial charge in [-0.2, -0.15) is 24.4 Å². The Morgan fingerprint density at radius 1 is 0.600 bits per heavy atom. The van der Waals surface area contributed by atoms with E-state index in [0.29, 0.717) is 11.5 Å². The Bertz CT molecular complexity index is 1060. The van der Waals surface area contributed by atoms with Gasteiger partial charge in [0.15, 0.2) is 43.1 Å². The Hall–Kier alpha value is -2.64. The van der Waals surface area contributed by atoms with Crippen LogP contribution in [0, 0.1) is 0 Å². The number of esters is 6. The maximum Gasteiger partial charge on any atom is 0.303 e. The lowest BCUT2D eigenvalue weighted by molar-refractivity contribution is -0.355. The number of carbonyl (C=O) groups is 6. The number of ether oxygens (including phenoxy) is 10. The van der Waals surface area contributed by atoms with Gasteiger partial charge in [0.25, 0.3) is 0 Å². The second-order valence-corrected chi connectivity index (χ2v) is 11.5. The predicted octanol–water partition coefficient (Wildman–Crippen LogP) is 0.352. The molecule has 2 aliphatic heterocycles. The minimum Gasteiger partial charge on any atom is -0.463 e. The van der Waals surface area contributed by atoms with E-state index in [4.69, 9.17) is 47.4 Å². The van der Waals surface area contributed by atoms with Crippen molar-refractivity contribution in [2.45, 2.75) is 103 Å². The average Bonchev–Trinajstić information content (AvgIpc) is 2.92. The Morgan fingerprint density at radius 3 is 1.51 bits per heavy atom. The minimum atomic E-state index is -1.59. The second-order valence-electron chi connectivity index (χ2n) is 9.89. The van der Waals surface area contributed by atoms with Crippen LogP contribution in [0.4, 0.5) is 0 Å². The molecule has 18 heteroatoms. The third kappa shape index (κ3) is 11.9. The van der Waals surface area contributed by atoms with Gasteiger partial charge in [-0.05, 0) is 5.75 Å². The molecule has 16 nitrogen and oxygen atoms in total. The molecule has 2 heterocycles. The van der Waals surface area contributed by atoms with Crippen molar-refractivity contribution in [3.63, 3.8) is 0 Å². The highest BCUT2D eigenvalue weighted by molar-refractivity contribution is 8.00. The van der Waals surface area contributed by atoms with Crippen molar-refractivity contribution in [2.24, 2.45) is 0 Å². The van der Waals surface area contributed by atoms with E-state index in [1.54, 1.807) is 0 Å². The molecule has 256 valence electrons. The topological polar surface area (TPSA) is 195 Å². The van der Waals surface area contributed by atoms with E-state index in [9.17, 15) is 28.8 Å². The fourth-order valence-corrected chi connectivity index (χ4v) is 5.91. The summed E-state index contributed by atoms with van der Waals surface area (Å²) in [6.07, 6.45) is -13.6. The molecule has 2 saturated heterocycles. The summed E-state index contributed by atoms with van der Waals surface area (Å²) >= 11 is 5.59. The van der Waals surface area contributed by atoms with Gasteiger partial charge in [-0.3, -0.25) is 28.8 Å². The summed E-state index contributed by atoms with van der Waals surface area (Å²) < 4.78 is 56.4. The molecule has 0 bridgehead atoms. The summed E-state index contributed by atoms with van der Waals surface area (Å²) in [4.78, 5) is 72.7. The molecule has 2 rings (SSSR count). The van der Waals surface area contributed by atoms with Crippen LogP contribution in [0.5, 0.6) is 0 Å². The first-order chi connectivity index (χ1) is 21.2. The molecular formula is C27H40O16S2. The Kier molecular flexibility index (Phi) is 15.8. The van der Waals surface area contributed by atoms with Crippen LogP contribution in [0.3, 0.4) is 0 Å². The number of methoxy groups -OCH3 is 1. The van der Waals surface area contributed by atoms with Gasteiger partial charge in [0.1, 0.15) is 24.9 Å². The number of thioether (sulfide) groups is 1. The summed E-state index contributed by atoms with van der Waals surface area (Å²) in [5.74, 6) is -3.32. The van der Waals surface area contributed by atoms with Crippen molar-refractivity contribution in [3.05, 3.63) is 0 Å². The van der Waals surface area contributed by atoms with Gasteiger partial charge in [0, 0.05) is 60.2 Å². The highest BCUT2D eigenvalue weighted by atomic mass is 32.2. The van der Waals surface area contributed by atoms with Gasteiger partial charge in [0.05, 0.1) is 0 Å². The molecule has 0 N–H and O–H groups in total. The molecule has 0 radical (unpaired) electrons. The van der Waals surface area contributed by atoms with Crippen LogP contribution in [0.2, 0.25) is 0 Å². The molecule has 0 unspecified atom stereocenters. The molecule has 0 aromatic carbocycles. The SMILES string of the molecule is CO[C@@H]1O[C@H](COC(C)=O)[C@H](O[C@@H]2O[C@H](CSCCS)[C@H](OC(C)=O)[C@H](OC(C)=O)[C@H]2OC(C)=O)[C@H](OC(C)=O)[C@H]1OC(C)=O. The van der Waals surface area contributed by atoms with E-state index < -0.39 is 104 Å². The fraction of sp³-hybridized carbons (Fsp3) is 0.778. The van der Waals surface area contributed by atoms with E-state index in [1.807, 2.05) is 0 Å². The molecular weight excluding hydrogens is 644 g/mol. The first-order valence-electron chi connectivity index (χ1n) is 13.9. The van der Waals surface area contributed by atoms with Gasteiger partial charge < -0.3 is 47.4 Å². The van der Waals surface area contributed by atoms with Crippen LogP contribution in [0.1, 0.15) is 41.5 Å². The third-order valence-electron chi connectivity index (χ3n) is 6.18. The van der Waals surface area contributed by atoms with Crippen LogP contribution in [0.15, 0.2) is 0 Å². The summed E-state index contributed by atoms with van der Waals surface area (Å²) in [5.41, 5.74) is 0. The highest BCUT2D eigenvalue weighted by Gasteiger charge is 2.57. The number of rotatable bonds is 14. The predicted molar refractivity (Wildman–Crippen MR) is 155 cm³/mol. The van der Waals surface area contributed by atoms with E-state index >= 15 is 0 Å². The van der Waals surface area contributed by atoms with Gasteiger partial charge in [-0.15, -0.1) is 0 Å². The van der Waals surface area contributed by atoms with Gasteiger partial charge in [-0.25, -0.2) is 0 Å². The van der Waals surface area contributed by atoms with Crippen molar-refractivity contribution >= 4 is 60.2 Å². The fourth-order valence-electron chi connectivity index (χ4n) is 4.73. The lowest BCUT2D eigenvalue weighted by Gasteiger charge is -2.48. The third-order valence-corrected chi connectivity index (χ3v) is 7.77. The molecule has 0 spiro atoms. The van der Waals surface area contributed by atoms with Crippen molar-refractivity contribution in [1.82, 2.24) is 0 Å². The normalized spacial score (nSPS) is 31.2. The molecule has 0 saturated carbocycles. The van der Waals surface area contributed by atoms with Gasteiger partial charge in [0.2, 0.25) is 0 Å². The van der Waals surface area contributed by atoms with Crippen LogP contribution < -0.4 is 0 Å². The molecule has 0 aromatic heterocycles. The van der Waals surface area contributed by atoms with Gasteiger partial charge in [-0.1, -0.05) is 0 Å². The zero-order chi connectivity index (χ0) is 33.8. The number of hydrogen-bond donors (Lipinski definition) is 1. The average molecular weight is 685 g/mol. The van der Waals surface area contributed by atoms with Gasteiger partial charge >= 0.3 is 35.8 Å². The van der Waals surface area contributed by atoms with Crippen LogP contribution >= 0.6 is 24.4 Å². The monoisotopic (exact) mass is 684 g/mol. The first-order valence-corrected chi connectivity index (χ1v) is 15.6. The van der Waals surface area contributed by atoms with Crippen molar-refractivity contribution in [3.8, 4) is 0 Å². The number of hydrogen-bond acceptors (Lipinski definition) is 18. The Labute approximate surface area is 270 Å². The molecule has 0 amide bonds. The molecule has 2 aliphatic rings. The second kappa shape index (κ2) is 18.5. The Morgan fingerprint density at radius 2 is 1.04 bits per heavy atom. The summed E-state index contributed by atoms with van der Waals surface area (Å²) in [6, 6.07) is 0. The number of thiol groups is 1. The maximum absolute atomic E-state index is 12.3. The molecule has 10 atom stereocenters.